The molecule has 6 nitrogen and oxygen atoms in total. The van der Waals surface area contributed by atoms with Crippen LogP contribution in [0.5, 0.6) is 11.5 Å². The molecule has 5 rings (SSSR count). The topological polar surface area (TPSA) is 56.7 Å². The fourth-order valence-electron chi connectivity index (χ4n) is 4.39. The minimum Gasteiger partial charge on any atom is -0.486 e. The van der Waals surface area contributed by atoms with Crippen LogP contribution in [-0.4, -0.2) is 47.8 Å². The predicted octanol–water partition coefficient (Wildman–Crippen LogP) is 2.62. The van der Waals surface area contributed by atoms with Gasteiger partial charge < -0.3 is 14.2 Å². The molecule has 0 unspecified atom stereocenters. The second-order valence-electron chi connectivity index (χ2n) is 7.64. The van der Waals surface area contributed by atoms with Gasteiger partial charge in [-0.1, -0.05) is 6.07 Å². The zero-order valence-electron chi connectivity index (χ0n) is 15.7. The van der Waals surface area contributed by atoms with Gasteiger partial charge in [-0.05, 0) is 49.4 Å². The first kappa shape index (κ1) is 17.0. The van der Waals surface area contributed by atoms with Gasteiger partial charge in [0, 0.05) is 25.8 Å². The van der Waals surface area contributed by atoms with Crippen molar-refractivity contribution in [1.82, 2.24) is 14.9 Å². The Morgan fingerprint density at radius 2 is 1.89 bits per heavy atom. The van der Waals surface area contributed by atoms with Gasteiger partial charge >= 0.3 is 0 Å². The molecule has 2 aromatic rings. The number of hydrogen-bond acceptors (Lipinski definition) is 6. The highest BCUT2D eigenvalue weighted by Gasteiger charge is 2.42. The lowest BCUT2D eigenvalue weighted by Crippen LogP contribution is -2.47. The van der Waals surface area contributed by atoms with E-state index in [0.29, 0.717) is 13.2 Å². The third-order valence-corrected chi connectivity index (χ3v) is 5.84. The van der Waals surface area contributed by atoms with Crippen molar-refractivity contribution in [2.75, 3.05) is 32.9 Å². The number of nitrogens with zero attached hydrogens (tertiary/aromatic N) is 3. The average Bonchev–Trinajstić information content (AvgIpc) is 2.70. The molecular formula is C21H25N3O3. The van der Waals surface area contributed by atoms with Gasteiger partial charge in [-0.15, -0.1) is 0 Å². The van der Waals surface area contributed by atoms with Crippen LogP contribution in [0.3, 0.4) is 0 Å². The van der Waals surface area contributed by atoms with Gasteiger partial charge in [0.1, 0.15) is 24.6 Å². The lowest BCUT2D eigenvalue weighted by atomic mass is 9.83. The van der Waals surface area contributed by atoms with E-state index in [9.17, 15) is 0 Å². The summed E-state index contributed by atoms with van der Waals surface area (Å²) < 4.78 is 17.6. The fourth-order valence-corrected chi connectivity index (χ4v) is 4.39. The van der Waals surface area contributed by atoms with Crippen LogP contribution in [0.15, 0.2) is 24.4 Å². The third kappa shape index (κ3) is 3.17. The van der Waals surface area contributed by atoms with Crippen molar-refractivity contribution in [2.24, 2.45) is 0 Å². The molecule has 0 N–H and O–H groups in total. The lowest BCUT2D eigenvalue weighted by molar-refractivity contribution is -0.102. The maximum Gasteiger partial charge on any atom is 0.161 e. The summed E-state index contributed by atoms with van der Waals surface area (Å²) >= 11 is 0. The number of likely N-dealkylation sites (tertiary alicyclic amines) is 1. The van der Waals surface area contributed by atoms with Gasteiger partial charge in [-0.2, -0.15) is 0 Å². The van der Waals surface area contributed by atoms with Crippen molar-refractivity contribution in [2.45, 2.75) is 38.3 Å². The van der Waals surface area contributed by atoms with Crippen molar-refractivity contribution in [3.8, 4) is 11.5 Å². The highest BCUT2D eigenvalue weighted by Crippen LogP contribution is 2.40. The average molecular weight is 367 g/mol. The van der Waals surface area contributed by atoms with Gasteiger partial charge in [-0.3, -0.25) is 4.90 Å². The maximum atomic E-state index is 6.31. The van der Waals surface area contributed by atoms with Crippen LogP contribution in [0, 0.1) is 6.92 Å². The van der Waals surface area contributed by atoms with E-state index in [1.807, 2.05) is 19.2 Å². The second-order valence-corrected chi connectivity index (χ2v) is 7.64. The molecule has 142 valence electrons. The smallest absolute Gasteiger partial charge is 0.161 e. The second kappa shape index (κ2) is 6.77. The monoisotopic (exact) mass is 367 g/mol. The van der Waals surface area contributed by atoms with Crippen LogP contribution >= 0.6 is 0 Å². The quantitative estimate of drug-likeness (QED) is 0.813. The van der Waals surface area contributed by atoms with Crippen molar-refractivity contribution in [1.29, 1.82) is 0 Å². The Morgan fingerprint density at radius 1 is 1.07 bits per heavy atom. The van der Waals surface area contributed by atoms with E-state index in [1.54, 1.807) is 0 Å². The number of aryl methyl sites for hydroxylation is 1. The molecule has 4 heterocycles. The molecule has 3 aliphatic rings. The normalized spacial score (nSPS) is 21.1. The molecule has 0 amide bonds. The van der Waals surface area contributed by atoms with Crippen LogP contribution < -0.4 is 9.47 Å². The van der Waals surface area contributed by atoms with Gasteiger partial charge in [0.05, 0.1) is 12.3 Å². The zero-order chi connectivity index (χ0) is 18.3. The van der Waals surface area contributed by atoms with E-state index in [1.165, 1.54) is 11.1 Å². The van der Waals surface area contributed by atoms with Crippen LogP contribution in [0.1, 0.15) is 35.5 Å². The summed E-state index contributed by atoms with van der Waals surface area (Å²) in [4.78, 5) is 11.6. The molecule has 1 saturated heterocycles. The molecule has 27 heavy (non-hydrogen) atoms. The fraction of sp³-hybridized carbons (Fsp3) is 0.524. The summed E-state index contributed by atoms with van der Waals surface area (Å²) in [5, 5.41) is 0. The summed E-state index contributed by atoms with van der Waals surface area (Å²) in [7, 11) is 0. The molecule has 3 aliphatic heterocycles. The molecule has 0 bridgehead atoms. The van der Waals surface area contributed by atoms with Crippen LogP contribution in [0.4, 0.5) is 0 Å². The number of hydrogen-bond donors (Lipinski definition) is 0. The highest BCUT2D eigenvalue weighted by molar-refractivity contribution is 5.43. The molecule has 1 aromatic heterocycles. The Labute approximate surface area is 159 Å². The summed E-state index contributed by atoms with van der Waals surface area (Å²) in [6.07, 6.45) is 4.85. The SMILES string of the molecule is Cc1ncc2c(n1)C1(CCN(Cc3ccc4c(c3)OCCO4)CC1)OCC2. The first-order chi connectivity index (χ1) is 13.2. The van der Waals surface area contributed by atoms with E-state index >= 15 is 0 Å². The number of aromatic nitrogens is 2. The summed E-state index contributed by atoms with van der Waals surface area (Å²) in [5.41, 5.74) is 3.41. The molecule has 6 heteroatoms. The maximum absolute atomic E-state index is 6.31. The van der Waals surface area contributed by atoms with E-state index in [2.05, 4.69) is 22.0 Å². The van der Waals surface area contributed by atoms with E-state index in [4.69, 9.17) is 19.2 Å². The molecular weight excluding hydrogens is 342 g/mol. The van der Waals surface area contributed by atoms with Crippen molar-refractivity contribution in [3.05, 3.63) is 47.0 Å². The minimum absolute atomic E-state index is 0.232. The Morgan fingerprint density at radius 3 is 2.74 bits per heavy atom. The number of piperidine rings is 1. The first-order valence-electron chi connectivity index (χ1n) is 9.80. The first-order valence-corrected chi connectivity index (χ1v) is 9.80. The van der Waals surface area contributed by atoms with Crippen LogP contribution in [-0.2, 0) is 23.3 Å². The van der Waals surface area contributed by atoms with E-state index < -0.39 is 0 Å². The molecule has 1 spiro atoms. The number of ether oxygens (including phenoxy) is 3. The minimum atomic E-state index is -0.232. The Balaban J connectivity index is 1.29. The van der Waals surface area contributed by atoms with Gasteiger partial charge in [0.25, 0.3) is 0 Å². The van der Waals surface area contributed by atoms with E-state index in [0.717, 1.165) is 68.5 Å². The van der Waals surface area contributed by atoms with Gasteiger partial charge in [0.2, 0.25) is 0 Å². The van der Waals surface area contributed by atoms with Crippen molar-refractivity contribution < 1.29 is 14.2 Å². The standard InChI is InChI=1S/C21H25N3O3/c1-15-22-13-17-4-9-27-21(20(17)23-15)5-7-24(8-6-21)14-16-2-3-18-19(12-16)26-11-10-25-18/h2-3,12-13H,4-11,14H2,1H3. The molecule has 0 saturated carbocycles. The Kier molecular flexibility index (Phi) is 4.25. The third-order valence-electron chi connectivity index (χ3n) is 5.84. The largest absolute Gasteiger partial charge is 0.486 e. The summed E-state index contributed by atoms with van der Waals surface area (Å²) in [6, 6.07) is 6.28. The number of rotatable bonds is 2. The van der Waals surface area contributed by atoms with Crippen LogP contribution in [0.25, 0.3) is 0 Å². The predicted molar refractivity (Wildman–Crippen MR) is 100 cm³/mol. The summed E-state index contributed by atoms with van der Waals surface area (Å²) in [6.45, 7) is 6.89. The zero-order valence-corrected chi connectivity index (χ0v) is 15.7. The Bertz CT molecular complexity index is 847. The van der Waals surface area contributed by atoms with Gasteiger partial charge in [0.15, 0.2) is 11.5 Å². The molecule has 1 aromatic carbocycles. The van der Waals surface area contributed by atoms with Crippen molar-refractivity contribution in [3.63, 3.8) is 0 Å². The van der Waals surface area contributed by atoms with Crippen molar-refractivity contribution >= 4 is 0 Å². The van der Waals surface area contributed by atoms with Crippen LogP contribution in [0.2, 0.25) is 0 Å². The van der Waals surface area contributed by atoms with Gasteiger partial charge in [-0.25, -0.2) is 9.97 Å². The lowest BCUT2D eigenvalue weighted by Gasteiger charge is -2.44. The molecule has 1 fully saturated rings. The summed E-state index contributed by atoms with van der Waals surface area (Å²) in [5.74, 6) is 2.55. The molecule has 0 radical (unpaired) electrons. The molecule has 0 atom stereocenters. The molecule has 0 aliphatic carbocycles. The Hall–Kier alpha value is -2.18. The number of benzene rings is 1. The highest BCUT2D eigenvalue weighted by atomic mass is 16.6. The number of fused-ring (bicyclic) bond motifs is 3. The van der Waals surface area contributed by atoms with E-state index in [-0.39, 0.29) is 5.60 Å².